The Bertz CT molecular complexity index is 656. The highest BCUT2D eigenvalue weighted by Gasteiger charge is 2.37. The molecular weight excluding hydrogens is 274 g/mol. The second-order valence-electron chi connectivity index (χ2n) is 5.99. The first-order valence-corrected chi connectivity index (χ1v) is 7.57. The van der Waals surface area contributed by atoms with Crippen molar-refractivity contribution in [3.63, 3.8) is 0 Å². The molecule has 3 rings (SSSR count). The van der Waals surface area contributed by atoms with Crippen LogP contribution in [0.3, 0.4) is 0 Å². The first-order chi connectivity index (χ1) is 9.39. The van der Waals surface area contributed by atoms with Crippen LogP contribution < -0.4 is 0 Å². The highest BCUT2D eigenvalue weighted by atomic mass is 32.1. The summed E-state index contributed by atoms with van der Waals surface area (Å²) < 4.78 is 5.85. The Labute approximate surface area is 121 Å². The second-order valence-corrected chi connectivity index (χ2v) is 6.85. The number of furan rings is 1. The third kappa shape index (κ3) is 2.16. The average Bonchev–Trinajstić information content (AvgIpc) is 2.89. The largest absolute Gasteiger partial charge is 0.481 e. The summed E-state index contributed by atoms with van der Waals surface area (Å²) >= 11 is 1.42. The van der Waals surface area contributed by atoms with Crippen LogP contribution in [0.15, 0.2) is 21.9 Å². The molecule has 0 radical (unpaired) electrons. The summed E-state index contributed by atoms with van der Waals surface area (Å²) in [5.74, 6) is 2.12. The van der Waals surface area contributed by atoms with E-state index in [1.54, 1.807) is 19.2 Å². The van der Waals surface area contributed by atoms with Crippen LogP contribution in [-0.4, -0.2) is 16.1 Å². The van der Waals surface area contributed by atoms with E-state index in [9.17, 15) is 9.90 Å². The van der Waals surface area contributed by atoms with Crippen LogP contribution in [0.1, 0.15) is 44.6 Å². The van der Waals surface area contributed by atoms with Crippen LogP contribution in [0.5, 0.6) is 0 Å². The molecule has 4 nitrogen and oxygen atoms in total. The van der Waals surface area contributed by atoms with Crippen LogP contribution in [-0.2, 0) is 10.2 Å². The lowest BCUT2D eigenvalue weighted by Gasteiger charge is -2.15. The number of hydrogen-bond donors (Lipinski definition) is 1. The Balaban J connectivity index is 1.87. The molecule has 0 amide bonds. The van der Waals surface area contributed by atoms with Crippen molar-refractivity contribution < 1.29 is 14.3 Å². The van der Waals surface area contributed by atoms with Crippen LogP contribution in [0.25, 0.3) is 10.8 Å². The molecular formula is C15H17NO3S. The van der Waals surface area contributed by atoms with Crippen LogP contribution in [0.2, 0.25) is 0 Å². The zero-order chi connectivity index (χ0) is 14.5. The molecule has 1 aliphatic rings. The van der Waals surface area contributed by atoms with E-state index in [2.05, 4.69) is 11.9 Å². The maximum absolute atomic E-state index is 11.2. The van der Waals surface area contributed by atoms with Crippen LogP contribution in [0, 0.1) is 5.92 Å². The number of carboxylic acids is 1. The maximum atomic E-state index is 11.2. The second kappa shape index (κ2) is 4.45. The van der Waals surface area contributed by atoms with Gasteiger partial charge in [0, 0.05) is 11.3 Å². The molecule has 0 aromatic carbocycles. The summed E-state index contributed by atoms with van der Waals surface area (Å²) in [6, 6.07) is 3.93. The van der Waals surface area contributed by atoms with E-state index in [-0.39, 0.29) is 0 Å². The van der Waals surface area contributed by atoms with Gasteiger partial charge in [-0.25, -0.2) is 4.98 Å². The van der Waals surface area contributed by atoms with E-state index in [0.717, 1.165) is 16.5 Å². The fourth-order valence-corrected chi connectivity index (χ4v) is 3.12. The zero-order valence-corrected chi connectivity index (χ0v) is 12.5. The fraction of sp³-hybridized carbons (Fsp3) is 0.467. The van der Waals surface area contributed by atoms with Gasteiger partial charge in [-0.3, -0.25) is 4.79 Å². The molecule has 2 heterocycles. The van der Waals surface area contributed by atoms with E-state index in [0.29, 0.717) is 17.5 Å². The van der Waals surface area contributed by atoms with Gasteiger partial charge < -0.3 is 9.52 Å². The minimum absolute atomic E-state index is 0.540. The monoisotopic (exact) mass is 291 g/mol. The Hall–Kier alpha value is -1.62. The lowest BCUT2D eigenvalue weighted by molar-refractivity contribution is -0.142. The molecule has 0 spiro atoms. The number of carbonyl (C=O) groups is 1. The van der Waals surface area contributed by atoms with Crippen molar-refractivity contribution in [2.75, 3.05) is 0 Å². The first-order valence-electron chi connectivity index (χ1n) is 6.69. The summed E-state index contributed by atoms with van der Waals surface area (Å²) in [4.78, 5) is 15.7. The van der Waals surface area contributed by atoms with Gasteiger partial charge in [0.05, 0.1) is 5.69 Å². The normalized spacial score (nSPS) is 21.9. The zero-order valence-electron chi connectivity index (χ0n) is 11.7. The predicted octanol–water partition coefficient (Wildman–Crippen LogP) is 3.89. The van der Waals surface area contributed by atoms with Gasteiger partial charge in [-0.15, -0.1) is 11.3 Å². The molecule has 5 heteroatoms. The summed E-state index contributed by atoms with van der Waals surface area (Å²) in [5.41, 5.74) is -0.405. The number of nitrogens with zero attached hydrogens (tertiary/aromatic N) is 1. The Morgan fingerprint density at radius 2 is 2.20 bits per heavy atom. The van der Waals surface area contributed by atoms with Crippen molar-refractivity contribution in [3.8, 4) is 10.8 Å². The van der Waals surface area contributed by atoms with Gasteiger partial charge in [0.25, 0.3) is 0 Å². The molecule has 2 aromatic rings. The fourth-order valence-electron chi connectivity index (χ4n) is 2.17. The summed E-state index contributed by atoms with van der Waals surface area (Å²) in [6.45, 7) is 5.53. The number of aromatic nitrogens is 1. The topological polar surface area (TPSA) is 63.3 Å². The van der Waals surface area contributed by atoms with Crippen molar-refractivity contribution in [2.45, 2.75) is 38.5 Å². The molecule has 2 aromatic heterocycles. The Morgan fingerprint density at radius 3 is 2.80 bits per heavy atom. The van der Waals surface area contributed by atoms with Crippen molar-refractivity contribution in [1.29, 1.82) is 0 Å². The van der Waals surface area contributed by atoms with E-state index in [1.165, 1.54) is 17.8 Å². The third-order valence-corrected chi connectivity index (χ3v) is 4.85. The van der Waals surface area contributed by atoms with Crippen molar-refractivity contribution >= 4 is 17.3 Å². The minimum Gasteiger partial charge on any atom is -0.481 e. The van der Waals surface area contributed by atoms with E-state index < -0.39 is 11.4 Å². The predicted molar refractivity (Wildman–Crippen MR) is 77.0 cm³/mol. The van der Waals surface area contributed by atoms with E-state index in [1.807, 2.05) is 12.1 Å². The lowest BCUT2D eigenvalue weighted by Crippen LogP contribution is -2.28. The first kappa shape index (κ1) is 13.4. The van der Waals surface area contributed by atoms with Gasteiger partial charge in [-0.05, 0) is 38.3 Å². The molecule has 0 bridgehead atoms. The molecule has 1 aliphatic carbocycles. The molecule has 20 heavy (non-hydrogen) atoms. The van der Waals surface area contributed by atoms with Crippen molar-refractivity contribution in [2.24, 2.45) is 5.92 Å². The van der Waals surface area contributed by atoms with Crippen molar-refractivity contribution in [1.82, 2.24) is 4.98 Å². The van der Waals surface area contributed by atoms with Gasteiger partial charge >= 0.3 is 5.97 Å². The number of carboxylic acid groups (broad SMARTS) is 1. The summed E-state index contributed by atoms with van der Waals surface area (Å²) in [7, 11) is 0. The molecule has 0 saturated heterocycles. The number of aliphatic carboxylic acids is 1. The molecule has 106 valence electrons. The number of rotatable bonds is 4. The number of thiazole rings is 1. The number of hydrogen-bond acceptors (Lipinski definition) is 4. The molecule has 1 N–H and O–H groups in total. The molecule has 0 aliphatic heterocycles. The van der Waals surface area contributed by atoms with Gasteiger partial charge in [-0.1, -0.05) is 6.92 Å². The lowest BCUT2D eigenvalue weighted by atomic mass is 9.90. The average molecular weight is 291 g/mol. The highest BCUT2D eigenvalue weighted by Crippen LogP contribution is 2.48. The minimum atomic E-state index is -0.977. The third-order valence-electron chi connectivity index (χ3n) is 3.99. The SMILES string of the molecule is CC1CC1c1ccc(-c2nc(C(C)(C)C(=O)O)cs2)o1. The van der Waals surface area contributed by atoms with E-state index >= 15 is 0 Å². The maximum Gasteiger partial charge on any atom is 0.315 e. The van der Waals surface area contributed by atoms with Crippen molar-refractivity contribution in [3.05, 3.63) is 29.0 Å². The Kier molecular flexibility index (Phi) is 2.97. The highest BCUT2D eigenvalue weighted by molar-refractivity contribution is 7.13. The van der Waals surface area contributed by atoms with Crippen LogP contribution >= 0.6 is 11.3 Å². The molecule has 1 saturated carbocycles. The van der Waals surface area contributed by atoms with Gasteiger partial charge in [0.2, 0.25) is 0 Å². The molecule has 2 unspecified atom stereocenters. The van der Waals surface area contributed by atoms with Gasteiger partial charge in [-0.2, -0.15) is 0 Å². The summed E-state index contributed by atoms with van der Waals surface area (Å²) in [6.07, 6.45) is 1.18. The smallest absolute Gasteiger partial charge is 0.315 e. The summed E-state index contributed by atoms with van der Waals surface area (Å²) in [5, 5.41) is 11.8. The van der Waals surface area contributed by atoms with Gasteiger partial charge in [0.1, 0.15) is 11.2 Å². The molecule has 1 fully saturated rings. The van der Waals surface area contributed by atoms with Crippen LogP contribution in [0.4, 0.5) is 0 Å². The molecule has 2 atom stereocenters. The quantitative estimate of drug-likeness (QED) is 0.928. The van der Waals surface area contributed by atoms with Gasteiger partial charge in [0.15, 0.2) is 10.8 Å². The van der Waals surface area contributed by atoms with E-state index in [4.69, 9.17) is 4.42 Å². The standard InChI is InChI=1S/C15H17NO3S/c1-8-6-9(8)10-4-5-11(19-10)13-16-12(7-20-13)15(2,3)14(17)18/h4-5,7-9H,6H2,1-3H3,(H,17,18). The Morgan fingerprint density at radius 1 is 1.50 bits per heavy atom.